The van der Waals surface area contributed by atoms with Crippen LogP contribution in [0.3, 0.4) is 0 Å². The molecule has 0 amide bonds. The fourth-order valence-corrected chi connectivity index (χ4v) is 7.14. The summed E-state index contributed by atoms with van der Waals surface area (Å²) in [5.41, 5.74) is 13.2. The molecule has 0 unspecified atom stereocenters. The first-order valence-electron chi connectivity index (χ1n) is 12.8. The number of aryl methyl sites for hydroxylation is 3. The summed E-state index contributed by atoms with van der Waals surface area (Å²) in [5.74, 6) is 0.657. The molecule has 0 saturated heterocycles. The number of hydrogen-bond acceptors (Lipinski definition) is 0. The van der Waals surface area contributed by atoms with Crippen LogP contribution in [0.5, 0.6) is 0 Å². The Morgan fingerprint density at radius 1 is 0.909 bits per heavy atom. The molecule has 1 heteroatoms. The number of fused-ring (bicyclic) bond motifs is 3. The zero-order valence-corrected chi connectivity index (χ0v) is 21.1. The molecular weight excluding hydrogens is 398 g/mol. The second-order valence-corrected chi connectivity index (χ2v) is 11.3. The van der Waals surface area contributed by atoms with Crippen LogP contribution in [0.1, 0.15) is 85.3 Å². The van der Waals surface area contributed by atoms with Gasteiger partial charge in [0.2, 0.25) is 11.2 Å². The van der Waals surface area contributed by atoms with Crippen LogP contribution >= 0.6 is 0 Å². The SMILES string of the molecule is Cc1cc2c3c(c(C)c(C)cc3c1)-c1c(c(C3CCCCC3)c3ccccc3[n+]1C)C2(C)C. The van der Waals surface area contributed by atoms with E-state index in [4.69, 9.17) is 0 Å². The molecule has 1 saturated carbocycles. The van der Waals surface area contributed by atoms with E-state index in [0.29, 0.717) is 5.92 Å². The Hall–Kier alpha value is -2.67. The molecule has 0 atom stereocenters. The van der Waals surface area contributed by atoms with Gasteiger partial charge in [-0.15, -0.1) is 0 Å². The van der Waals surface area contributed by atoms with Gasteiger partial charge in [-0.2, -0.15) is 4.57 Å². The highest BCUT2D eigenvalue weighted by Gasteiger charge is 2.44. The topological polar surface area (TPSA) is 3.88 Å². The van der Waals surface area contributed by atoms with Crippen molar-refractivity contribution in [1.29, 1.82) is 0 Å². The molecule has 1 fully saturated rings. The van der Waals surface area contributed by atoms with Crippen LogP contribution in [0.2, 0.25) is 0 Å². The summed E-state index contributed by atoms with van der Waals surface area (Å²) in [6, 6.07) is 16.5. The van der Waals surface area contributed by atoms with Crippen molar-refractivity contribution >= 4 is 21.7 Å². The van der Waals surface area contributed by atoms with Gasteiger partial charge in [0.05, 0.1) is 10.9 Å². The van der Waals surface area contributed by atoms with Crippen LogP contribution in [0, 0.1) is 20.8 Å². The molecule has 0 bridgehead atoms. The van der Waals surface area contributed by atoms with Crippen molar-refractivity contribution in [3.63, 3.8) is 0 Å². The van der Waals surface area contributed by atoms with E-state index in [1.807, 2.05) is 0 Å². The van der Waals surface area contributed by atoms with Gasteiger partial charge in [-0.1, -0.05) is 69.0 Å². The maximum absolute atomic E-state index is 2.52. The van der Waals surface area contributed by atoms with Gasteiger partial charge in [-0.3, -0.25) is 0 Å². The van der Waals surface area contributed by atoms with Gasteiger partial charge in [0.15, 0.2) is 0 Å². The van der Waals surface area contributed by atoms with Gasteiger partial charge < -0.3 is 0 Å². The number of benzene rings is 3. The maximum Gasteiger partial charge on any atom is 0.218 e. The maximum atomic E-state index is 2.52. The van der Waals surface area contributed by atoms with Crippen LogP contribution in [-0.2, 0) is 12.5 Å². The lowest BCUT2D eigenvalue weighted by molar-refractivity contribution is -0.634. The molecule has 2 aliphatic rings. The van der Waals surface area contributed by atoms with E-state index >= 15 is 0 Å². The number of aromatic nitrogens is 1. The quantitative estimate of drug-likeness (QED) is 0.266. The Labute approximate surface area is 198 Å². The molecule has 168 valence electrons. The fraction of sp³-hybridized carbons (Fsp3) is 0.406. The molecule has 0 aliphatic heterocycles. The third-order valence-electron chi connectivity index (χ3n) is 8.85. The van der Waals surface area contributed by atoms with Gasteiger partial charge in [-0.05, 0) is 78.6 Å². The minimum absolute atomic E-state index is 0.0388. The van der Waals surface area contributed by atoms with Crippen LogP contribution < -0.4 is 4.57 Å². The molecule has 33 heavy (non-hydrogen) atoms. The highest BCUT2D eigenvalue weighted by Crippen LogP contribution is 2.53. The molecule has 1 nitrogen and oxygen atoms in total. The van der Waals surface area contributed by atoms with E-state index in [-0.39, 0.29) is 5.41 Å². The lowest BCUT2D eigenvalue weighted by atomic mass is 9.64. The Bertz CT molecular complexity index is 1450. The van der Waals surface area contributed by atoms with E-state index < -0.39 is 0 Å². The first kappa shape index (κ1) is 20.9. The van der Waals surface area contributed by atoms with E-state index in [0.717, 1.165) is 0 Å². The van der Waals surface area contributed by atoms with Crippen molar-refractivity contribution in [2.45, 2.75) is 78.1 Å². The Balaban J connectivity index is 1.88. The fourth-order valence-electron chi connectivity index (χ4n) is 7.14. The first-order valence-corrected chi connectivity index (χ1v) is 12.8. The predicted octanol–water partition coefficient (Wildman–Crippen LogP) is 8.10. The second-order valence-electron chi connectivity index (χ2n) is 11.3. The van der Waals surface area contributed by atoms with Crippen molar-refractivity contribution in [3.8, 4) is 11.3 Å². The largest absolute Gasteiger partial charge is 0.218 e. The molecule has 1 heterocycles. The van der Waals surface area contributed by atoms with Crippen molar-refractivity contribution < 1.29 is 4.57 Å². The minimum Gasteiger partial charge on any atom is -0.194 e. The minimum atomic E-state index is -0.0388. The van der Waals surface area contributed by atoms with Crippen LogP contribution in [0.25, 0.3) is 32.9 Å². The third-order valence-corrected chi connectivity index (χ3v) is 8.85. The van der Waals surface area contributed by atoms with Crippen molar-refractivity contribution in [2.75, 3.05) is 0 Å². The van der Waals surface area contributed by atoms with Gasteiger partial charge >= 0.3 is 0 Å². The summed E-state index contributed by atoms with van der Waals surface area (Å²) < 4.78 is 2.52. The summed E-state index contributed by atoms with van der Waals surface area (Å²) >= 11 is 0. The summed E-state index contributed by atoms with van der Waals surface area (Å²) in [4.78, 5) is 0. The molecule has 1 aromatic heterocycles. The zero-order chi connectivity index (χ0) is 23.1. The molecule has 0 radical (unpaired) electrons. The first-order chi connectivity index (χ1) is 15.8. The monoisotopic (exact) mass is 434 g/mol. The lowest BCUT2D eigenvalue weighted by Gasteiger charge is -2.38. The van der Waals surface area contributed by atoms with Crippen LogP contribution in [0.4, 0.5) is 0 Å². The number of para-hydroxylation sites is 1. The Morgan fingerprint density at radius 2 is 1.64 bits per heavy atom. The van der Waals surface area contributed by atoms with Crippen LogP contribution in [-0.4, -0.2) is 0 Å². The number of rotatable bonds is 1. The summed E-state index contributed by atoms with van der Waals surface area (Å²) in [6.07, 6.45) is 6.75. The second kappa shape index (κ2) is 7.16. The average molecular weight is 435 g/mol. The van der Waals surface area contributed by atoms with E-state index in [9.17, 15) is 0 Å². The molecular formula is C32H36N+. The summed E-state index contributed by atoms with van der Waals surface area (Å²) in [7, 11) is 2.30. The smallest absolute Gasteiger partial charge is 0.194 e. The Kier molecular flexibility index (Phi) is 4.54. The van der Waals surface area contributed by atoms with Gasteiger partial charge in [0.25, 0.3) is 0 Å². The standard InChI is InChI=1S/C32H36N/c1-19-16-23-18-20(2)21(3)27-29(23)25(17-19)32(4,5)30-28(22-12-8-7-9-13-22)24-14-10-11-15-26(24)33(6)31(27)30/h10-11,14-18,22H,7-9,12-13H2,1-6H3/q+1. The summed E-state index contributed by atoms with van der Waals surface area (Å²) in [5, 5.41) is 4.34. The highest BCUT2D eigenvalue weighted by atomic mass is 14.9. The van der Waals surface area contributed by atoms with Crippen molar-refractivity contribution in [1.82, 2.24) is 0 Å². The third kappa shape index (κ3) is 2.81. The molecule has 6 rings (SSSR count). The highest BCUT2D eigenvalue weighted by molar-refractivity contribution is 6.05. The Morgan fingerprint density at radius 3 is 2.39 bits per heavy atom. The predicted molar refractivity (Wildman–Crippen MR) is 140 cm³/mol. The average Bonchev–Trinajstić information content (AvgIpc) is 2.80. The van der Waals surface area contributed by atoms with Gasteiger partial charge in [0, 0.05) is 17.0 Å². The van der Waals surface area contributed by atoms with E-state index in [1.54, 1.807) is 11.1 Å². The van der Waals surface area contributed by atoms with Crippen LogP contribution in [0.15, 0.2) is 42.5 Å². The number of pyridine rings is 1. The normalized spacial score (nSPS) is 17.5. The number of hydrogen-bond donors (Lipinski definition) is 0. The lowest BCUT2D eigenvalue weighted by Crippen LogP contribution is -2.40. The summed E-state index contributed by atoms with van der Waals surface area (Å²) in [6.45, 7) is 11.9. The van der Waals surface area contributed by atoms with Crippen molar-refractivity contribution in [3.05, 3.63) is 75.8 Å². The number of nitrogens with zero attached hydrogens (tertiary/aromatic N) is 1. The van der Waals surface area contributed by atoms with Gasteiger partial charge in [0.1, 0.15) is 7.05 Å². The molecule has 2 aliphatic carbocycles. The molecule has 0 spiro atoms. The molecule has 3 aromatic carbocycles. The van der Waals surface area contributed by atoms with Gasteiger partial charge in [-0.25, -0.2) is 0 Å². The van der Waals surface area contributed by atoms with E-state index in [2.05, 4.69) is 88.7 Å². The molecule has 4 aromatic rings. The zero-order valence-electron chi connectivity index (χ0n) is 21.1. The molecule has 0 N–H and O–H groups in total. The van der Waals surface area contributed by atoms with Crippen molar-refractivity contribution in [2.24, 2.45) is 7.05 Å². The van der Waals surface area contributed by atoms with E-state index in [1.165, 1.54) is 87.3 Å².